The summed E-state index contributed by atoms with van der Waals surface area (Å²) >= 11 is 0. The molecule has 0 aromatic rings. The minimum Gasteiger partial charge on any atom is -0.480 e. The van der Waals surface area contributed by atoms with Crippen LogP contribution in [-0.2, 0) is 19.1 Å². The maximum absolute atomic E-state index is 12.9. The van der Waals surface area contributed by atoms with Crippen LogP contribution in [-0.4, -0.2) is 41.6 Å². The Balaban J connectivity index is 4.19. The van der Waals surface area contributed by atoms with E-state index in [0.717, 1.165) is 77.0 Å². The number of carbonyl (C=O) groups excluding carboxylic acids is 2. The minimum atomic E-state index is -1.00. The SMILES string of the molecule is CCCCCCC/C=C\C/C=C\C/C=C\CCCCCCCCCCC(=O)OC(CCCCCCCCCCCCC)CCCCCCCC(=O)NC(CCCN)C(=O)O. The van der Waals surface area contributed by atoms with Gasteiger partial charge < -0.3 is 20.9 Å². The van der Waals surface area contributed by atoms with Crippen LogP contribution in [0.15, 0.2) is 36.5 Å². The van der Waals surface area contributed by atoms with Crippen LogP contribution in [0.25, 0.3) is 0 Å². The van der Waals surface area contributed by atoms with Gasteiger partial charge in [0.1, 0.15) is 12.1 Å². The van der Waals surface area contributed by atoms with E-state index in [0.29, 0.717) is 32.2 Å². The summed E-state index contributed by atoms with van der Waals surface area (Å²) in [7, 11) is 0. The van der Waals surface area contributed by atoms with Gasteiger partial charge in [-0.1, -0.05) is 198 Å². The van der Waals surface area contributed by atoms with Crippen molar-refractivity contribution < 1.29 is 24.2 Å². The summed E-state index contributed by atoms with van der Waals surface area (Å²) < 4.78 is 6.08. The van der Waals surface area contributed by atoms with Gasteiger partial charge in [0.05, 0.1) is 0 Å². The lowest BCUT2D eigenvalue weighted by Crippen LogP contribution is -2.40. The second-order valence-corrected chi connectivity index (χ2v) is 17.6. The van der Waals surface area contributed by atoms with Crippen molar-refractivity contribution in [2.75, 3.05) is 6.54 Å². The highest BCUT2D eigenvalue weighted by atomic mass is 16.5. The maximum atomic E-state index is 12.9. The van der Waals surface area contributed by atoms with Gasteiger partial charge in [-0.3, -0.25) is 9.59 Å². The van der Waals surface area contributed by atoms with E-state index in [-0.39, 0.29) is 18.0 Å². The number of esters is 1. The lowest BCUT2D eigenvalue weighted by molar-refractivity contribution is -0.150. The zero-order valence-electron chi connectivity index (χ0n) is 39.6. The summed E-state index contributed by atoms with van der Waals surface area (Å²) in [6, 6.07) is -0.857. The van der Waals surface area contributed by atoms with Gasteiger partial charge >= 0.3 is 11.9 Å². The first-order valence-corrected chi connectivity index (χ1v) is 25.8. The smallest absolute Gasteiger partial charge is 0.326 e. The molecule has 0 spiro atoms. The molecule has 0 rings (SSSR count). The molecule has 0 aliphatic rings. The number of carbonyl (C=O) groups is 3. The highest BCUT2D eigenvalue weighted by Crippen LogP contribution is 2.19. The second kappa shape index (κ2) is 47.6. The normalized spacial score (nSPS) is 12.8. The summed E-state index contributed by atoms with van der Waals surface area (Å²) in [5.41, 5.74) is 5.50. The summed E-state index contributed by atoms with van der Waals surface area (Å²) in [4.78, 5) is 36.5. The Labute approximate surface area is 371 Å². The molecule has 0 aromatic carbocycles. The van der Waals surface area contributed by atoms with E-state index in [2.05, 4.69) is 55.6 Å². The number of rotatable bonds is 47. The van der Waals surface area contributed by atoms with E-state index in [1.54, 1.807) is 0 Å². The average molecular weight is 843 g/mol. The topological polar surface area (TPSA) is 119 Å². The molecule has 4 N–H and O–H groups in total. The number of nitrogens with two attached hydrogens (primary N) is 1. The molecule has 350 valence electrons. The van der Waals surface area contributed by atoms with Gasteiger partial charge in [0, 0.05) is 12.8 Å². The molecule has 0 aliphatic heterocycles. The van der Waals surface area contributed by atoms with Crippen molar-refractivity contribution in [1.29, 1.82) is 0 Å². The summed E-state index contributed by atoms with van der Waals surface area (Å²) in [6.45, 7) is 4.95. The number of carboxylic acids is 1. The molecule has 0 aliphatic carbocycles. The number of hydrogen-bond acceptors (Lipinski definition) is 5. The highest BCUT2D eigenvalue weighted by molar-refractivity contribution is 5.83. The predicted molar refractivity (Wildman–Crippen MR) is 257 cm³/mol. The predicted octanol–water partition coefficient (Wildman–Crippen LogP) is 15.3. The summed E-state index contributed by atoms with van der Waals surface area (Å²) in [5, 5.41) is 12.0. The third-order valence-electron chi connectivity index (χ3n) is 11.7. The van der Waals surface area contributed by atoms with Gasteiger partial charge in [0.2, 0.25) is 5.91 Å². The van der Waals surface area contributed by atoms with Gasteiger partial charge in [-0.25, -0.2) is 4.79 Å². The van der Waals surface area contributed by atoms with Gasteiger partial charge in [0.25, 0.3) is 0 Å². The number of ether oxygens (including phenoxy) is 1. The van der Waals surface area contributed by atoms with Crippen LogP contribution in [0.3, 0.4) is 0 Å². The molecule has 2 unspecified atom stereocenters. The molecule has 7 nitrogen and oxygen atoms in total. The number of allylic oxidation sites excluding steroid dienone is 6. The van der Waals surface area contributed by atoms with Crippen molar-refractivity contribution >= 4 is 17.8 Å². The molecular formula is C53H98N2O5. The van der Waals surface area contributed by atoms with E-state index >= 15 is 0 Å². The Hall–Kier alpha value is -2.41. The molecule has 1 amide bonds. The Morgan fingerprint density at radius 3 is 1.30 bits per heavy atom. The molecule has 0 aromatic heterocycles. The molecule has 0 heterocycles. The fourth-order valence-corrected chi connectivity index (χ4v) is 7.81. The minimum absolute atomic E-state index is 0.0107. The molecule has 0 fully saturated rings. The number of hydrogen-bond donors (Lipinski definition) is 3. The number of aliphatic carboxylic acids is 1. The Morgan fingerprint density at radius 1 is 0.483 bits per heavy atom. The van der Waals surface area contributed by atoms with Crippen molar-refractivity contribution in [2.24, 2.45) is 5.73 Å². The fourth-order valence-electron chi connectivity index (χ4n) is 7.81. The molecule has 7 heteroatoms. The largest absolute Gasteiger partial charge is 0.480 e. The lowest BCUT2D eigenvalue weighted by atomic mass is 10.0. The van der Waals surface area contributed by atoms with E-state index in [1.165, 1.54) is 148 Å². The van der Waals surface area contributed by atoms with E-state index in [1.807, 2.05) is 0 Å². The van der Waals surface area contributed by atoms with Crippen molar-refractivity contribution in [2.45, 2.75) is 276 Å². The van der Waals surface area contributed by atoms with Crippen LogP contribution in [0.2, 0.25) is 0 Å². The third-order valence-corrected chi connectivity index (χ3v) is 11.7. The van der Waals surface area contributed by atoms with Crippen molar-refractivity contribution in [1.82, 2.24) is 5.32 Å². The van der Waals surface area contributed by atoms with Crippen LogP contribution in [0.4, 0.5) is 0 Å². The molecule has 0 bridgehead atoms. The van der Waals surface area contributed by atoms with Crippen LogP contribution >= 0.6 is 0 Å². The van der Waals surface area contributed by atoms with Crippen LogP contribution in [0, 0.1) is 0 Å². The van der Waals surface area contributed by atoms with Crippen LogP contribution in [0.1, 0.15) is 264 Å². The van der Waals surface area contributed by atoms with Gasteiger partial charge in [0.15, 0.2) is 0 Å². The molecular weight excluding hydrogens is 745 g/mol. The van der Waals surface area contributed by atoms with Crippen molar-refractivity contribution in [3.8, 4) is 0 Å². The Kier molecular flexibility index (Phi) is 45.7. The van der Waals surface area contributed by atoms with Gasteiger partial charge in [-0.15, -0.1) is 0 Å². The quantitative estimate of drug-likeness (QED) is 0.0319. The first-order chi connectivity index (χ1) is 29.4. The number of amides is 1. The van der Waals surface area contributed by atoms with Gasteiger partial charge in [-0.2, -0.15) is 0 Å². The third kappa shape index (κ3) is 43.7. The summed E-state index contributed by atoms with van der Waals surface area (Å²) in [6.07, 6.45) is 57.7. The molecule has 60 heavy (non-hydrogen) atoms. The zero-order valence-corrected chi connectivity index (χ0v) is 39.6. The zero-order chi connectivity index (χ0) is 43.8. The average Bonchev–Trinajstić information content (AvgIpc) is 3.23. The van der Waals surface area contributed by atoms with Crippen molar-refractivity contribution in [3.05, 3.63) is 36.5 Å². The van der Waals surface area contributed by atoms with E-state index in [4.69, 9.17) is 10.5 Å². The fraction of sp³-hybridized carbons (Fsp3) is 0.830. The number of nitrogens with one attached hydrogen (secondary N) is 1. The van der Waals surface area contributed by atoms with E-state index < -0.39 is 12.0 Å². The second-order valence-electron chi connectivity index (χ2n) is 17.6. The molecule has 0 saturated heterocycles. The van der Waals surface area contributed by atoms with E-state index in [9.17, 15) is 19.5 Å². The van der Waals surface area contributed by atoms with Crippen molar-refractivity contribution in [3.63, 3.8) is 0 Å². The maximum Gasteiger partial charge on any atom is 0.326 e. The Morgan fingerprint density at radius 2 is 0.867 bits per heavy atom. The first-order valence-electron chi connectivity index (χ1n) is 25.8. The molecule has 2 atom stereocenters. The monoisotopic (exact) mass is 843 g/mol. The summed E-state index contributed by atoms with van der Waals surface area (Å²) in [5.74, 6) is -1.23. The van der Waals surface area contributed by atoms with Crippen LogP contribution in [0.5, 0.6) is 0 Å². The molecule has 0 radical (unpaired) electrons. The van der Waals surface area contributed by atoms with Gasteiger partial charge in [-0.05, 0) is 96.4 Å². The standard InChI is InChI=1S/C53H98N2O5/c1-3-5-7-9-11-13-15-16-17-18-19-20-21-22-23-24-25-26-28-30-32-37-41-47-52(57)60-49(43-38-34-31-29-27-14-12-10-8-6-4-2)44-39-35-33-36-40-46-51(56)55-50(53(58)59)45-42-48-54/h15-16,18-19,21-22,49-50H,3-14,17,20,23-48,54H2,1-2H3,(H,55,56)(H,58,59)/b16-15-,19-18-,22-21-. The first kappa shape index (κ1) is 57.6. The van der Waals surface area contributed by atoms with Crippen LogP contribution < -0.4 is 11.1 Å². The lowest BCUT2D eigenvalue weighted by Gasteiger charge is -2.18. The molecule has 0 saturated carbocycles. The number of carboxylic acid groups (broad SMARTS) is 1. The number of unbranched alkanes of at least 4 members (excludes halogenated alkanes) is 27. The Bertz CT molecular complexity index is 1040. The highest BCUT2D eigenvalue weighted by Gasteiger charge is 2.19.